The highest BCUT2D eigenvalue weighted by Crippen LogP contribution is 2.17. The summed E-state index contributed by atoms with van der Waals surface area (Å²) in [5, 5.41) is 11.6. The highest BCUT2D eigenvalue weighted by atomic mass is 16.2. The molecule has 1 aromatic heterocycles. The molecule has 2 aromatic rings. The van der Waals surface area contributed by atoms with Crippen molar-refractivity contribution in [3.8, 4) is 11.8 Å². The maximum Gasteiger partial charge on any atom is 0.274 e. The Hall–Kier alpha value is -2.64. The molecule has 2 N–H and O–H groups in total. The van der Waals surface area contributed by atoms with Crippen LogP contribution in [0.1, 0.15) is 27.3 Å². The van der Waals surface area contributed by atoms with E-state index in [1.54, 1.807) is 18.2 Å². The quantitative estimate of drug-likeness (QED) is 0.830. The van der Waals surface area contributed by atoms with Crippen LogP contribution in [0.5, 0.6) is 0 Å². The Balaban J connectivity index is 2.24. The summed E-state index contributed by atoms with van der Waals surface area (Å²) in [5.41, 5.74) is 3.53. The number of nitrogens with one attached hydrogen (secondary N) is 1. The number of aliphatic hydroxyl groups is 1. The first-order valence-electron chi connectivity index (χ1n) is 6.55. The van der Waals surface area contributed by atoms with Gasteiger partial charge in [-0.05, 0) is 43.7 Å². The van der Waals surface area contributed by atoms with Crippen LogP contribution in [0.25, 0.3) is 0 Å². The average molecular weight is 280 g/mol. The number of anilines is 1. The van der Waals surface area contributed by atoms with Crippen LogP contribution >= 0.6 is 0 Å². The van der Waals surface area contributed by atoms with Crippen molar-refractivity contribution in [3.63, 3.8) is 0 Å². The lowest BCUT2D eigenvalue weighted by Crippen LogP contribution is -2.14. The molecular weight excluding hydrogens is 264 g/mol. The summed E-state index contributed by atoms with van der Waals surface area (Å²) < 4.78 is 0. The Bertz CT molecular complexity index is 727. The second kappa shape index (κ2) is 6.69. The second-order valence-corrected chi connectivity index (χ2v) is 4.61. The van der Waals surface area contributed by atoms with Gasteiger partial charge in [0.25, 0.3) is 5.91 Å². The van der Waals surface area contributed by atoms with Gasteiger partial charge in [0.1, 0.15) is 12.3 Å². The number of nitrogens with zero attached hydrogens (tertiary/aromatic N) is 1. The summed E-state index contributed by atoms with van der Waals surface area (Å²) in [6.45, 7) is 3.55. The van der Waals surface area contributed by atoms with Crippen LogP contribution in [-0.4, -0.2) is 22.6 Å². The molecule has 1 heterocycles. The van der Waals surface area contributed by atoms with Crippen LogP contribution in [-0.2, 0) is 0 Å². The van der Waals surface area contributed by atoms with E-state index in [4.69, 9.17) is 5.11 Å². The summed E-state index contributed by atoms with van der Waals surface area (Å²) in [5.74, 6) is 5.15. The lowest BCUT2D eigenvalue weighted by atomic mass is 10.1. The van der Waals surface area contributed by atoms with Gasteiger partial charge in [-0.3, -0.25) is 4.79 Å². The van der Waals surface area contributed by atoms with Crippen molar-refractivity contribution < 1.29 is 9.90 Å². The highest BCUT2D eigenvalue weighted by molar-refractivity contribution is 6.03. The second-order valence-electron chi connectivity index (χ2n) is 4.61. The minimum Gasteiger partial charge on any atom is -0.384 e. The molecule has 0 fully saturated rings. The predicted octanol–water partition coefficient (Wildman–Crippen LogP) is 2.29. The Morgan fingerprint density at radius 2 is 2.10 bits per heavy atom. The van der Waals surface area contributed by atoms with E-state index in [0.717, 1.165) is 16.8 Å². The first kappa shape index (κ1) is 14.8. The van der Waals surface area contributed by atoms with Crippen LogP contribution in [0.4, 0.5) is 5.69 Å². The van der Waals surface area contributed by atoms with Crippen molar-refractivity contribution in [2.75, 3.05) is 11.9 Å². The number of carbonyl (C=O) groups is 1. The molecule has 2 rings (SSSR count). The number of aryl methyl sites for hydroxylation is 2. The summed E-state index contributed by atoms with van der Waals surface area (Å²) in [6, 6.07) is 10.8. The van der Waals surface area contributed by atoms with Crippen molar-refractivity contribution in [1.82, 2.24) is 4.98 Å². The van der Waals surface area contributed by atoms with Gasteiger partial charge in [-0.1, -0.05) is 24.0 Å². The zero-order chi connectivity index (χ0) is 15.2. The predicted molar refractivity (Wildman–Crippen MR) is 82.1 cm³/mol. The molecule has 0 aliphatic rings. The molecule has 0 atom stereocenters. The average Bonchev–Trinajstić information content (AvgIpc) is 2.48. The van der Waals surface area contributed by atoms with E-state index in [9.17, 15) is 4.79 Å². The summed E-state index contributed by atoms with van der Waals surface area (Å²) in [6.07, 6.45) is 0. The third-order valence-electron chi connectivity index (χ3n) is 2.92. The maximum atomic E-state index is 12.2. The molecular formula is C17H16N2O2. The Morgan fingerprint density at radius 1 is 1.29 bits per heavy atom. The molecule has 1 amide bonds. The van der Waals surface area contributed by atoms with Gasteiger partial charge in [-0.15, -0.1) is 0 Å². The monoisotopic (exact) mass is 280 g/mol. The van der Waals surface area contributed by atoms with E-state index in [0.29, 0.717) is 11.4 Å². The van der Waals surface area contributed by atoms with E-state index in [1.165, 1.54) is 0 Å². The van der Waals surface area contributed by atoms with E-state index in [-0.39, 0.29) is 12.5 Å². The molecule has 0 aliphatic heterocycles. The number of aliphatic hydroxyl groups excluding tert-OH is 1. The van der Waals surface area contributed by atoms with Gasteiger partial charge < -0.3 is 10.4 Å². The van der Waals surface area contributed by atoms with Gasteiger partial charge in [0.2, 0.25) is 0 Å². The zero-order valence-electron chi connectivity index (χ0n) is 12.0. The molecule has 21 heavy (non-hydrogen) atoms. The maximum absolute atomic E-state index is 12.2. The molecule has 4 heteroatoms. The Morgan fingerprint density at radius 3 is 2.81 bits per heavy atom. The number of amides is 1. The lowest BCUT2D eigenvalue weighted by Gasteiger charge is -2.09. The largest absolute Gasteiger partial charge is 0.384 e. The third-order valence-corrected chi connectivity index (χ3v) is 2.92. The summed E-state index contributed by atoms with van der Waals surface area (Å²) in [7, 11) is 0. The number of pyridine rings is 1. The van der Waals surface area contributed by atoms with Gasteiger partial charge in [0.05, 0.1) is 0 Å². The number of hydrogen-bond acceptors (Lipinski definition) is 3. The van der Waals surface area contributed by atoms with Crippen LogP contribution in [0.3, 0.4) is 0 Å². The minimum atomic E-state index is -0.255. The smallest absolute Gasteiger partial charge is 0.274 e. The third kappa shape index (κ3) is 3.91. The van der Waals surface area contributed by atoms with E-state index in [1.807, 2.05) is 32.0 Å². The molecule has 0 saturated carbocycles. The van der Waals surface area contributed by atoms with Crippen molar-refractivity contribution in [2.24, 2.45) is 0 Å². The minimum absolute atomic E-state index is 0.192. The van der Waals surface area contributed by atoms with Crippen molar-refractivity contribution in [2.45, 2.75) is 13.8 Å². The van der Waals surface area contributed by atoms with Crippen LogP contribution in [0.15, 0.2) is 36.4 Å². The molecule has 0 bridgehead atoms. The fraction of sp³-hybridized carbons (Fsp3) is 0.176. The van der Waals surface area contributed by atoms with Gasteiger partial charge in [-0.25, -0.2) is 4.98 Å². The van der Waals surface area contributed by atoms with Crippen molar-refractivity contribution >= 4 is 11.6 Å². The first-order valence-corrected chi connectivity index (χ1v) is 6.55. The molecule has 1 aromatic carbocycles. The number of aromatic nitrogens is 1. The summed E-state index contributed by atoms with van der Waals surface area (Å²) >= 11 is 0. The van der Waals surface area contributed by atoms with Gasteiger partial charge in [0, 0.05) is 16.9 Å². The van der Waals surface area contributed by atoms with Gasteiger partial charge in [0.15, 0.2) is 0 Å². The molecule has 0 aliphatic carbocycles. The van der Waals surface area contributed by atoms with Crippen molar-refractivity contribution in [1.29, 1.82) is 0 Å². The van der Waals surface area contributed by atoms with Gasteiger partial charge in [-0.2, -0.15) is 0 Å². The fourth-order valence-electron chi connectivity index (χ4n) is 1.83. The van der Waals surface area contributed by atoms with Crippen LogP contribution < -0.4 is 5.32 Å². The van der Waals surface area contributed by atoms with Crippen molar-refractivity contribution in [3.05, 3.63) is 58.9 Å². The topological polar surface area (TPSA) is 62.2 Å². The first-order chi connectivity index (χ1) is 10.1. The lowest BCUT2D eigenvalue weighted by molar-refractivity contribution is 0.102. The Kier molecular flexibility index (Phi) is 4.70. The molecule has 4 nitrogen and oxygen atoms in total. The normalized spacial score (nSPS) is 9.67. The van der Waals surface area contributed by atoms with Crippen LogP contribution in [0.2, 0.25) is 0 Å². The SMILES string of the molecule is Cc1cccc(C(=O)Nc2cc(C#CCO)ccc2C)n1. The summed E-state index contributed by atoms with van der Waals surface area (Å²) in [4.78, 5) is 16.4. The molecule has 0 unspecified atom stereocenters. The van der Waals surface area contributed by atoms with Gasteiger partial charge >= 0.3 is 0 Å². The number of hydrogen-bond donors (Lipinski definition) is 2. The number of rotatable bonds is 2. The fourth-order valence-corrected chi connectivity index (χ4v) is 1.83. The molecule has 0 radical (unpaired) electrons. The van der Waals surface area contributed by atoms with E-state index < -0.39 is 0 Å². The standard InChI is InChI=1S/C17H16N2O2/c1-12-8-9-14(6-4-10-20)11-16(12)19-17(21)15-7-3-5-13(2)18-15/h3,5,7-9,11,20H,10H2,1-2H3,(H,19,21). The van der Waals surface area contributed by atoms with Crippen LogP contribution in [0, 0.1) is 25.7 Å². The Labute approximate surface area is 123 Å². The number of benzene rings is 1. The van der Waals surface area contributed by atoms with E-state index in [2.05, 4.69) is 22.1 Å². The molecule has 0 spiro atoms. The highest BCUT2D eigenvalue weighted by Gasteiger charge is 2.09. The van der Waals surface area contributed by atoms with E-state index >= 15 is 0 Å². The zero-order valence-corrected chi connectivity index (χ0v) is 12.0. The molecule has 106 valence electrons. The molecule has 0 saturated heterocycles. The number of carbonyl (C=O) groups excluding carboxylic acids is 1.